The Morgan fingerprint density at radius 1 is 1.04 bits per heavy atom. The Balaban J connectivity index is 1.56. The summed E-state index contributed by atoms with van der Waals surface area (Å²) in [7, 11) is -3.61. The van der Waals surface area contributed by atoms with Gasteiger partial charge in [0.25, 0.3) is 5.91 Å². The second-order valence-electron chi connectivity index (χ2n) is 6.81. The van der Waals surface area contributed by atoms with Crippen molar-refractivity contribution in [1.29, 1.82) is 0 Å². The fraction of sp³-hybridized carbons (Fsp3) is 0.350. The average molecular weight is 388 g/mol. The minimum absolute atomic E-state index is 0.0339. The van der Waals surface area contributed by atoms with E-state index in [0.29, 0.717) is 0 Å². The van der Waals surface area contributed by atoms with Gasteiger partial charge in [-0.1, -0.05) is 17.7 Å². The molecule has 1 amide bonds. The van der Waals surface area contributed by atoms with Crippen molar-refractivity contribution in [1.82, 2.24) is 10.0 Å². The van der Waals surface area contributed by atoms with E-state index >= 15 is 0 Å². The Hall–Kier alpha value is -2.38. The zero-order valence-corrected chi connectivity index (χ0v) is 16.1. The number of fused-ring (bicyclic) bond motifs is 1. The summed E-state index contributed by atoms with van der Waals surface area (Å²) in [5.41, 5.74) is 3.41. The third-order valence-electron chi connectivity index (χ3n) is 4.74. The summed E-state index contributed by atoms with van der Waals surface area (Å²) >= 11 is 0. The Morgan fingerprint density at radius 3 is 2.33 bits per heavy atom. The third-order valence-corrected chi connectivity index (χ3v) is 6.22. The maximum absolute atomic E-state index is 12.3. The Bertz CT molecular complexity index is 937. The highest BCUT2D eigenvalue weighted by molar-refractivity contribution is 7.89. The second-order valence-corrected chi connectivity index (χ2v) is 8.58. The predicted octanol–water partition coefficient (Wildman–Crippen LogP) is 2.29. The summed E-state index contributed by atoms with van der Waals surface area (Å²) in [4.78, 5) is 12.5. The molecule has 0 bridgehead atoms. The minimum atomic E-state index is -3.61. The van der Waals surface area contributed by atoms with E-state index in [2.05, 4.69) is 10.0 Å². The van der Waals surface area contributed by atoms with Gasteiger partial charge in [0.15, 0.2) is 0 Å². The van der Waals surface area contributed by atoms with Crippen molar-refractivity contribution >= 4 is 15.9 Å². The molecule has 0 unspecified atom stereocenters. The SMILES string of the molecule is Cc1ccc(S(=O)(=O)NCCNC(=O)c2cc3c(cc2O)CCCC3)cc1. The number of carbonyl (C=O) groups excluding carboxylic acids is 1. The van der Waals surface area contributed by atoms with Crippen LogP contribution in [0.1, 0.15) is 39.9 Å². The number of hydrogen-bond donors (Lipinski definition) is 3. The molecular formula is C20H24N2O4S. The van der Waals surface area contributed by atoms with Crippen molar-refractivity contribution in [2.75, 3.05) is 13.1 Å². The number of aromatic hydroxyl groups is 1. The molecule has 6 nitrogen and oxygen atoms in total. The van der Waals surface area contributed by atoms with E-state index in [1.165, 1.54) is 0 Å². The molecule has 7 heteroatoms. The van der Waals surface area contributed by atoms with Crippen molar-refractivity contribution in [3.63, 3.8) is 0 Å². The lowest BCUT2D eigenvalue weighted by Crippen LogP contribution is -2.34. The molecule has 0 fully saturated rings. The first-order valence-corrected chi connectivity index (χ1v) is 10.5. The van der Waals surface area contributed by atoms with E-state index in [4.69, 9.17) is 0 Å². The number of benzene rings is 2. The van der Waals surface area contributed by atoms with Gasteiger partial charge in [-0.25, -0.2) is 13.1 Å². The maximum Gasteiger partial charge on any atom is 0.255 e. The molecule has 3 N–H and O–H groups in total. The van der Waals surface area contributed by atoms with Crippen LogP contribution >= 0.6 is 0 Å². The van der Waals surface area contributed by atoms with Gasteiger partial charge >= 0.3 is 0 Å². The van der Waals surface area contributed by atoms with Crippen LogP contribution < -0.4 is 10.0 Å². The van der Waals surface area contributed by atoms with Gasteiger partial charge in [0.2, 0.25) is 10.0 Å². The van der Waals surface area contributed by atoms with Gasteiger partial charge in [-0.2, -0.15) is 0 Å². The molecule has 0 saturated carbocycles. The van der Waals surface area contributed by atoms with Crippen molar-refractivity contribution in [3.8, 4) is 5.75 Å². The van der Waals surface area contributed by atoms with Gasteiger partial charge in [-0.05, 0) is 68.0 Å². The molecule has 2 aromatic carbocycles. The first kappa shape index (κ1) is 19.4. The summed E-state index contributed by atoms with van der Waals surface area (Å²) in [5, 5.41) is 12.8. The molecule has 1 aliphatic rings. The number of aryl methyl sites for hydroxylation is 3. The molecule has 0 atom stereocenters. The Morgan fingerprint density at radius 2 is 1.67 bits per heavy atom. The van der Waals surface area contributed by atoms with Gasteiger partial charge in [-0.15, -0.1) is 0 Å². The lowest BCUT2D eigenvalue weighted by atomic mass is 9.90. The summed E-state index contributed by atoms with van der Waals surface area (Å²) < 4.78 is 26.9. The van der Waals surface area contributed by atoms with Crippen LogP contribution in [-0.4, -0.2) is 32.5 Å². The molecule has 3 rings (SSSR count). The number of nitrogens with one attached hydrogen (secondary N) is 2. The summed E-state index contributed by atoms with van der Waals surface area (Å²) in [5.74, 6) is -0.441. The first-order chi connectivity index (χ1) is 12.9. The smallest absolute Gasteiger partial charge is 0.255 e. The van der Waals surface area contributed by atoms with Crippen LogP contribution in [0, 0.1) is 6.92 Å². The summed E-state index contributed by atoms with van der Waals surface area (Å²) in [6, 6.07) is 9.96. The molecule has 0 spiro atoms. The normalized spacial score (nSPS) is 13.8. The van der Waals surface area contributed by atoms with Gasteiger partial charge in [0.05, 0.1) is 10.5 Å². The second kappa shape index (κ2) is 8.10. The number of phenolic OH excluding ortho intramolecular Hbond substituents is 1. The van der Waals surface area contributed by atoms with E-state index in [0.717, 1.165) is 42.4 Å². The van der Waals surface area contributed by atoms with E-state index in [1.807, 2.05) is 6.92 Å². The minimum Gasteiger partial charge on any atom is -0.507 e. The van der Waals surface area contributed by atoms with Crippen molar-refractivity contribution < 1.29 is 18.3 Å². The van der Waals surface area contributed by atoms with E-state index in [-0.39, 0.29) is 29.3 Å². The van der Waals surface area contributed by atoms with Crippen molar-refractivity contribution in [2.45, 2.75) is 37.5 Å². The quantitative estimate of drug-likeness (QED) is 0.662. The molecule has 0 aliphatic heterocycles. The summed E-state index contributed by atoms with van der Waals surface area (Å²) in [6.45, 7) is 2.07. The number of hydrogen-bond acceptors (Lipinski definition) is 4. The topological polar surface area (TPSA) is 95.5 Å². The van der Waals surface area contributed by atoms with Crippen molar-refractivity contribution in [2.24, 2.45) is 0 Å². The van der Waals surface area contributed by atoms with Gasteiger partial charge in [0.1, 0.15) is 5.75 Å². The molecule has 0 radical (unpaired) electrons. The third kappa shape index (κ3) is 4.67. The molecule has 144 valence electrons. The summed E-state index contributed by atoms with van der Waals surface area (Å²) in [6.07, 6.45) is 4.01. The predicted molar refractivity (Wildman–Crippen MR) is 103 cm³/mol. The first-order valence-electron chi connectivity index (χ1n) is 9.06. The highest BCUT2D eigenvalue weighted by Crippen LogP contribution is 2.28. The van der Waals surface area contributed by atoms with Gasteiger partial charge < -0.3 is 10.4 Å². The lowest BCUT2D eigenvalue weighted by Gasteiger charge is -2.17. The van der Waals surface area contributed by atoms with Crippen LogP contribution in [0.25, 0.3) is 0 Å². The Labute approximate surface area is 159 Å². The highest BCUT2D eigenvalue weighted by atomic mass is 32.2. The highest BCUT2D eigenvalue weighted by Gasteiger charge is 2.18. The number of phenols is 1. The number of rotatable bonds is 6. The molecule has 1 aliphatic carbocycles. The molecule has 0 saturated heterocycles. The van der Waals surface area contributed by atoms with Crippen LogP contribution in [-0.2, 0) is 22.9 Å². The zero-order valence-electron chi connectivity index (χ0n) is 15.3. The lowest BCUT2D eigenvalue weighted by molar-refractivity contribution is 0.0951. The molecular weight excluding hydrogens is 364 g/mol. The zero-order chi connectivity index (χ0) is 19.4. The van der Waals surface area contributed by atoms with Crippen LogP contribution in [0.2, 0.25) is 0 Å². The standard InChI is InChI=1S/C20H24N2O4S/c1-14-6-8-17(9-7-14)27(25,26)22-11-10-21-20(24)18-12-15-4-2-3-5-16(15)13-19(18)23/h6-9,12-13,22-23H,2-5,10-11H2,1H3,(H,21,24). The average Bonchev–Trinajstić information content (AvgIpc) is 2.65. The molecule has 0 aromatic heterocycles. The number of amides is 1. The maximum atomic E-state index is 12.3. The monoisotopic (exact) mass is 388 g/mol. The fourth-order valence-electron chi connectivity index (χ4n) is 3.21. The van der Waals surface area contributed by atoms with Crippen LogP contribution in [0.3, 0.4) is 0 Å². The molecule has 0 heterocycles. The van der Waals surface area contributed by atoms with E-state index in [1.54, 1.807) is 36.4 Å². The number of carbonyl (C=O) groups is 1. The van der Waals surface area contributed by atoms with Gasteiger partial charge in [0, 0.05) is 13.1 Å². The Kier molecular flexibility index (Phi) is 5.82. The van der Waals surface area contributed by atoms with Crippen LogP contribution in [0.15, 0.2) is 41.3 Å². The van der Waals surface area contributed by atoms with Crippen LogP contribution in [0.5, 0.6) is 5.75 Å². The molecule has 2 aromatic rings. The van der Waals surface area contributed by atoms with Crippen molar-refractivity contribution in [3.05, 3.63) is 58.7 Å². The molecule has 27 heavy (non-hydrogen) atoms. The van der Waals surface area contributed by atoms with Gasteiger partial charge in [-0.3, -0.25) is 4.79 Å². The number of sulfonamides is 1. The largest absolute Gasteiger partial charge is 0.507 e. The van der Waals surface area contributed by atoms with E-state index < -0.39 is 15.9 Å². The van der Waals surface area contributed by atoms with Crippen LogP contribution in [0.4, 0.5) is 0 Å². The van der Waals surface area contributed by atoms with E-state index in [9.17, 15) is 18.3 Å². The fourth-order valence-corrected chi connectivity index (χ4v) is 4.24.